The van der Waals surface area contributed by atoms with E-state index in [1.807, 2.05) is 30.5 Å². The van der Waals surface area contributed by atoms with Gasteiger partial charge < -0.3 is 5.73 Å². The van der Waals surface area contributed by atoms with E-state index in [9.17, 15) is 0 Å². The van der Waals surface area contributed by atoms with Crippen LogP contribution in [0.4, 0.5) is 5.69 Å². The van der Waals surface area contributed by atoms with Crippen LogP contribution in [0.3, 0.4) is 0 Å². The van der Waals surface area contributed by atoms with Crippen LogP contribution in [-0.4, -0.2) is 9.78 Å². The summed E-state index contributed by atoms with van der Waals surface area (Å²) in [6, 6.07) is 8.55. The van der Waals surface area contributed by atoms with Crippen LogP contribution in [0.15, 0.2) is 36.7 Å². The van der Waals surface area contributed by atoms with Gasteiger partial charge in [0.1, 0.15) is 0 Å². The van der Waals surface area contributed by atoms with Crippen LogP contribution in [0.5, 0.6) is 0 Å². The molecule has 3 heteroatoms. The highest BCUT2D eigenvalue weighted by atomic mass is 15.3. The zero-order chi connectivity index (χ0) is 10.3. The second kappa shape index (κ2) is 3.12. The fraction of sp³-hybridized carbons (Fsp3) is 0.250. The van der Waals surface area contributed by atoms with Crippen molar-refractivity contribution in [2.45, 2.75) is 18.9 Å². The third-order valence-electron chi connectivity index (χ3n) is 2.77. The van der Waals surface area contributed by atoms with Gasteiger partial charge in [-0.15, -0.1) is 0 Å². The first-order valence-electron chi connectivity index (χ1n) is 5.23. The SMILES string of the molecule is Nc1ccc(-c2cnn(C3CC3)c2)cc1. The van der Waals surface area contributed by atoms with Crippen LogP contribution in [0.1, 0.15) is 18.9 Å². The lowest BCUT2D eigenvalue weighted by Crippen LogP contribution is -1.91. The topological polar surface area (TPSA) is 43.8 Å². The van der Waals surface area contributed by atoms with Crippen molar-refractivity contribution in [3.63, 3.8) is 0 Å². The number of benzene rings is 1. The van der Waals surface area contributed by atoms with E-state index in [4.69, 9.17) is 5.73 Å². The minimum atomic E-state index is 0.646. The molecule has 1 aliphatic rings. The molecule has 1 aromatic heterocycles. The molecule has 0 aliphatic heterocycles. The molecule has 3 nitrogen and oxygen atoms in total. The Kier molecular flexibility index (Phi) is 1.78. The third kappa shape index (κ3) is 1.61. The summed E-state index contributed by atoms with van der Waals surface area (Å²) < 4.78 is 2.06. The van der Waals surface area contributed by atoms with Crippen LogP contribution < -0.4 is 5.73 Å². The fourth-order valence-electron chi connectivity index (χ4n) is 1.70. The minimum absolute atomic E-state index is 0.646. The van der Waals surface area contributed by atoms with Gasteiger partial charge in [0.15, 0.2) is 0 Å². The molecule has 2 N–H and O–H groups in total. The average molecular weight is 199 g/mol. The van der Waals surface area contributed by atoms with Gasteiger partial charge in [0.05, 0.1) is 12.2 Å². The van der Waals surface area contributed by atoms with Gasteiger partial charge in [-0.1, -0.05) is 12.1 Å². The van der Waals surface area contributed by atoms with Crippen molar-refractivity contribution >= 4 is 5.69 Å². The van der Waals surface area contributed by atoms with E-state index in [2.05, 4.69) is 16.0 Å². The highest BCUT2D eigenvalue weighted by molar-refractivity contribution is 5.64. The Balaban J connectivity index is 1.93. The summed E-state index contributed by atoms with van der Waals surface area (Å²) in [6.45, 7) is 0. The molecule has 1 saturated carbocycles. The molecule has 3 rings (SSSR count). The van der Waals surface area contributed by atoms with E-state index in [0.29, 0.717) is 6.04 Å². The number of hydrogen-bond donors (Lipinski definition) is 1. The van der Waals surface area contributed by atoms with Crippen molar-refractivity contribution < 1.29 is 0 Å². The molecule has 0 saturated heterocycles. The second-order valence-corrected chi connectivity index (χ2v) is 4.06. The Labute approximate surface area is 88.5 Å². The normalized spacial score (nSPS) is 15.5. The first kappa shape index (κ1) is 8.53. The Bertz CT molecular complexity index is 466. The summed E-state index contributed by atoms with van der Waals surface area (Å²) in [6.07, 6.45) is 6.57. The zero-order valence-corrected chi connectivity index (χ0v) is 8.43. The minimum Gasteiger partial charge on any atom is -0.399 e. The quantitative estimate of drug-likeness (QED) is 0.755. The molecule has 1 heterocycles. The van der Waals surface area contributed by atoms with Crippen molar-refractivity contribution in [3.05, 3.63) is 36.7 Å². The lowest BCUT2D eigenvalue weighted by Gasteiger charge is -1.97. The molecule has 1 aromatic carbocycles. The highest BCUT2D eigenvalue weighted by Gasteiger charge is 2.24. The van der Waals surface area contributed by atoms with E-state index in [-0.39, 0.29) is 0 Å². The van der Waals surface area contributed by atoms with Crippen LogP contribution in [0.2, 0.25) is 0 Å². The van der Waals surface area contributed by atoms with Crippen LogP contribution in [0, 0.1) is 0 Å². The lowest BCUT2D eigenvalue weighted by molar-refractivity contribution is 0.642. The lowest BCUT2D eigenvalue weighted by atomic mass is 10.1. The number of nitrogens with zero attached hydrogens (tertiary/aromatic N) is 2. The van der Waals surface area contributed by atoms with E-state index in [1.54, 1.807) is 0 Å². The monoisotopic (exact) mass is 199 g/mol. The molecular formula is C12H13N3. The fourth-order valence-corrected chi connectivity index (χ4v) is 1.70. The molecule has 0 unspecified atom stereocenters. The maximum Gasteiger partial charge on any atom is 0.0568 e. The Morgan fingerprint density at radius 3 is 2.53 bits per heavy atom. The molecule has 0 atom stereocenters. The molecule has 1 aliphatic carbocycles. The van der Waals surface area contributed by atoms with Gasteiger partial charge in [-0.25, -0.2) is 0 Å². The van der Waals surface area contributed by atoms with Crippen molar-refractivity contribution in [2.24, 2.45) is 0 Å². The van der Waals surface area contributed by atoms with E-state index in [1.165, 1.54) is 24.0 Å². The molecule has 0 spiro atoms. The molecule has 15 heavy (non-hydrogen) atoms. The average Bonchev–Trinajstić information content (AvgIpc) is 2.99. The Morgan fingerprint density at radius 2 is 1.87 bits per heavy atom. The molecule has 1 fully saturated rings. The number of hydrogen-bond acceptors (Lipinski definition) is 2. The number of anilines is 1. The van der Waals surface area contributed by atoms with Gasteiger partial charge in [-0.05, 0) is 30.5 Å². The van der Waals surface area contributed by atoms with Gasteiger partial charge >= 0.3 is 0 Å². The largest absolute Gasteiger partial charge is 0.399 e. The molecule has 0 radical (unpaired) electrons. The molecule has 0 bridgehead atoms. The Hall–Kier alpha value is -1.77. The van der Waals surface area contributed by atoms with E-state index in [0.717, 1.165) is 5.69 Å². The van der Waals surface area contributed by atoms with Gasteiger partial charge in [0.2, 0.25) is 0 Å². The highest BCUT2D eigenvalue weighted by Crippen LogP contribution is 2.35. The van der Waals surface area contributed by atoms with Crippen molar-refractivity contribution in [1.29, 1.82) is 0 Å². The van der Waals surface area contributed by atoms with Crippen molar-refractivity contribution in [3.8, 4) is 11.1 Å². The van der Waals surface area contributed by atoms with Gasteiger partial charge in [0, 0.05) is 17.4 Å². The molecule has 76 valence electrons. The summed E-state index contributed by atoms with van der Waals surface area (Å²) in [5.74, 6) is 0. The summed E-state index contributed by atoms with van der Waals surface area (Å²) in [7, 11) is 0. The second-order valence-electron chi connectivity index (χ2n) is 4.06. The van der Waals surface area contributed by atoms with E-state index < -0.39 is 0 Å². The van der Waals surface area contributed by atoms with Gasteiger partial charge in [-0.2, -0.15) is 5.10 Å². The van der Waals surface area contributed by atoms with Gasteiger partial charge in [0.25, 0.3) is 0 Å². The standard InChI is InChI=1S/C12H13N3/c13-11-3-1-9(2-4-11)10-7-14-15(8-10)12-5-6-12/h1-4,7-8,12H,5-6,13H2. The van der Waals surface area contributed by atoms with Crippen molar-refractivity contribution in [2.75, 3.05) is 5.73 Å². The molecular weight excluding hydrogens is 186 g/mol. The summed E-state index contributed by atoms with van der Waals surface area (Å²) in [5, 5.41) is 4.36. The van der Waals surface area contributed by atoms with Crippen LogP contribution in [-0.2, 0) is 0 Å². The first-order valence-corrected chi connectivity index (χ1v) is 5.23. The summed E-state index contributed by atoms with van der Waals surface area (Å²) in [4.78, 5) is 0. The summed E-state index contributed by atoms with van der Waals surface area (Å²) in [5.41, 5.74) is 8.79. The van der Waals surface area contributed by atoms with Gasteiger partial charge in [-0.3, -0.25) is 4.68 Å². The Morgan fingerprint density at radius 1 is 1.13 bits per heavy atom. The number of aromatic nitrogens is 2. The molecule has 0 amide bonds. The number of rotatable bonds is 2. The van der Waals surface area contributed by atoms with E-state index >= 15 is 0 Å². The van der Waals surface area contributed by atoms with Crippen molar-refractivity contribution in [1.82, 2.24) is 9.78 Å². The third-order valence-corrected chi connectivity index (χ3v) is 2.77. The number of nitrogen functional groups attached to an aromatic ring is 1. The van der Waals surface area contributed by atoms with Crippen LogP contribution >= 0.6 is 0 Å². The maximum atomic E-state index is 5.65. The molecule has 2 aromatic rings. The smallest absolute Gasteiger partial charge is 0.0568 e. The predicted molar refractivity (Wildman–Crippen MR) is 60.3 cm³/mol. The zero-order valence-electron chi connectivity index (χ0n) is 8.43. The van der Waals surface area contributed by atoms with Crippen LogP contribution in [0.25, 0.3) is 11.1 Å². The summed E-state index contributed by atoms with van der Waals surface area (Å²) >= 11 is 0. The number of nitrogens with two attached hydrogens (primary N) is 1. The predicted octanol–water partition coefficient (Wildman–Crippen LogP) is 2.47. The maximum absolute atomic E-state index is 5.65. The first-order chi connectivity index (χ1) is 7.33.